The molecule has 0 aliphatic carbocycles. The summed E-state index contributed by atoms with van der Waals surface area (Å²) in [6.07, 6.45) is -2.11. The monoisotopic (exact) mass is 220 g/mol. The molecule has 0 aliphatic rings. The molecule has 0 saturated heterocycles. The Morgan fingerprint density at radius 2 is 1.87 bits per heavy atom. The number of rotatable bonds is 2. The number of hydrogen-bond acceptors (Lipinski definition) is 1. The van der Waals surface area contributed by atoms with E-state index in [1.54, 1.807) is 0 Å². The van der Waals surface area contributed by atoms with E-state index in [2.05, 4.69) is 0 Å². The van der Waals surface area contributed by atoms with Gasteiger partial charge in [0.05, 0.1) is 12.2 Å². The zero-order chi connectivity index (χ0) is 11.5. The van der Waals surface area contributed by atoms with Crippen LogP contribution in [-0.4, -0.2) is 11.7 Å². The van der Waals surface area contributed by atoms with Crippen molar-refractivity contribution in [1.82, 2.24) is 0 Å². The molecule has 0 atom stereocenters. The molecule has 0 aromatic heterocycles. The third kappa shape index (κ3) is 3.36. The summed E-state index contributed by atoms with van der Waals surface area (Å²) in [4.78, 5) is 0. The molecule has 5 heteroatoms. The summed E-state index contributed by atoms with van der Waals surface area (Å²) in [5.41, 5.74) is -0.975. The van der Waals surface area contributed by atoms with Crippen LogP contribution in [-0.2, 0) is 6.18 Å². The Kier molecular flexibility index (Phi) is 3.47. The van der Waals surface area contributed by atoms with E-state index in [4.69, 9.17) is 5.11 Å². The Morgan fingerprint density at radius 1 is 1.20 bits per heavy atom. The first kappa shape index (κ1) is 11.7. The summed E-state index contributed by atoms with van der Waals surface area (Å²) in [5.74, 6) is -0.956. The maximum Gasteiger partial charge on any atom is 0.416 e. The molecular formula is C10H8F4O. The lowest BCUT2D eigenvalue weighted by molar-refractivity contribution is -0.137. The van der Waals surface area contributed by atoms with Crippen LogP contribution in [0.2, 0.25) is 0 Å². The fourth-order valence-electron chi connectivity index (χ4n) is 1.06. The van der Waals surface area contributed by atoms with Crippen molar-refractivity contribution in [1.29, 1.82) is 0 Å². The van der Waals surface area contributed by atoms with Gasteiger partial charge in [-0.3, -0.25) is 0 Å². The van der Waals surface area contributed by atoms with Crippen LogP contribution in [0.3, 0.4) is 0 Å². The first-order valence-electron chi connectivity index (χ1n) is 4.08. The first-order chi connectivity index (χ1) is 6.93. The van der Waals surface area contributed by atoms with Gasteiger partial charge in [0, 0.05) is 0 Å². The SMILES string of the molecule is OC/C=C/c1cc(F)cc(C(F)(F)F)c1. The van der Waals surface area contributed by atoms with Crippen molar-refractivity contribution in [2.45, 2.75) is 6.18 Å². The minimum atomic E-state index is -4.57. The molecule has 0 saturated carbocycles. The van der Waals surface area contributed by atoms with Crippen LogP contribution in [0.4, 0.5) is 17.6 Å². The van der Waals surface area contributed by atoms with Crippen LogP contribution >= 0.6 is 0 Å². The summed E-state index contributed by atoms with van der Waals surface area (Å²) in [7, 11) is 0. The molecule has 1 aromatic rings. The topological polar surface area (TPSA) is 20.2 Å². The number of hydrogen-bond donors (Lipinski definition) is 1. The summed E-state index contributed by atoms with van der Waals surface area (Å²) in [5, 5.41) is 8.42. The second-order valence-corrected chi connectivity index (χ2v) is 2.86. The van der Waals surface area contributed by atoms with Crippen molar-refractivity contribution in [3.05, 3.63) is 41.2 Å². The molecule has 0 radical (unpaired) electrons. The number of alkyl halides is 3. The maximum atomic E-state index is 12.8. The van der Waals surface area contributed by atoms with Crippen molar-refractivity contribution < 1.29 is 22.7 Å². The molecule has 0 spiro atoms. The van der Waals surface area contributed by atoms with Crippen molar-refractivity contribution in [2.75, 3.05) is 6.61 Å². The van der Waals surface area contributed by atoms with E-state index in [0.29, 0.717) is 6.07 Å². The van der Waals surface area contributed by atoms with Gasteiger partial charge in [-0.15, -0.1) is 0 Å². The molecular weight excluding hydrogens is 212 g/mol. The van der Waals surface area contributed by atoms with E-state index in [1.165, 1.54) is 12.2 Å². The minimum Gasteiger partial charge on any atom is -0.392 e. The van der Waals surface area contributed by atoms with Gasteiger partial charge in [0.15, 0.2) is 0 Å². The summed E-state index contributed by atoms with van der Waals surface area (Å²) in [6, 6.07) is 2.20. The highest BCUT2D eigenvalue weighted by Gasteiger charge is 2.31. The standard InChI is InChI=1S/C10H8F4O/c11-9-5-7(2-1-3-15)4-8(6-9)10(12,13)14/h1-2,4-6,15H,3H2/b2-1+. The molecule has 82 valence electrons. The lowest BCUT2D eigenvalue weighted by Gasteiger charge is -2.07. The first-order valence-corrected chi connectivity index (χ1v) is 4.08. The minimum absolute atomic E-state index is 0.0661. The Labute approximate surface area is 83.7 Å². The molecule has 1 rings (SSSR count). The third-order valence-electron chi connectivity index (χ3n) is 1.66. The molecule has 1 N–H and O–H groups in total. The predicted molar refractivity (Wildman–Crippen MR) is 47.5 cm³/mol. The van der Waals surface area contributed by atoms with Gasteiger partial charge in [0.1, 0.15) is 5.82 Å². The molecule has 0 aliphatic heterocycles. The molecule has 0 heterocycles. The Morgan fingerprint density at radius 3 is 2.40 bits per heavy atom. The van der Waals surface area contributed by atoms with E-state index in [9.17, 15) is 17.6 Å². The number of benzene rings is 1. The Hall–Kier alpha value is -1.36. The third-order valence-corrected chi connectivity index (χ3v) is 1.66. The van der Waals surface area contributed by atoms with Crippen LogP contribution in [0.5, 0.6) is 0 Å². The largest absolute Gasteiger partial charge is 0.416 e. The zero-order valence-corrected chi connectivity index (χ0v) is 7.55. The lowest BCUT2D eigenvalue weighted by atomic mass is 10.1. The Bertz CT molecular complexity index is 368. The van der Waals surface area contributed by atoms with Gasteiger partial charge < -0.3 is 5.11 Å². The second-order valence-electron chi connectivity index (χ2n) is 2.86. The normalized spacial score (nSPS) is 12.3. The van der Waals surface area contributed by atoms with E-state index in [0.717, 1.165) is 12.1 Å². The fourth-order valence-corrected chi connectivity index (χ4v) is 1.06. The molecule has 1 nitrogen and oxygen atoms in total. The van der Waals surface area contributed by atoms with Gasteiger partial charge in [0.25, 0.3) is 0 Å². The van der Waals surface area contributed by atoms with Gasteiger partial charge in [-0.2, -0.15) is 13.2 Å². The average Bonchev–Trinajstić information content (AvgIpc) is 2.12. The van der Waals surface area contributed by atoms with E-state index < -0.39 is 17.6 Å². The maximum absolute atomic E-state index is 12.8. The van der Waals surface area contributed by atoms with E-state index in [-0.39, 0.29) is 12.2 Å². The molecule has 0 bridgehead atoms. The van der Waals surface area contributed by atoms with Gasteiger partial charge in [0.2, 0.25) is 0 Å². The number of aliphatic hydroxyl groups excluding tert-OH is 1. The summed E-state index contributed by atoms with van der Waals surface area (Å²) in [6.45, 7) is -0.308. The molecule has 0 amide bonds. The lowest BCUT2D eigenvalue weighted by Crippen LogP contribution is -2.05. The summed E-state index contributed by atoms with van der Waals surface area (Å²) >= 11 is 0. The Balaban J connectivity index is 3.11. The van der Waals surface area contributed by atoms with E-state index >= 15 is 0 Å². The van der Waals surface area contributed by atoms with Crippen LogP contribution < -0.4 is 0 Å². The van der Waals surface area contributed by atoms with Crippen molar-refractivity contribution in [3.63, 3.8) is 0 Å². The fraction of sp³-hybridized carbons (Fsp3) is 0.200. The van der Waals surface area contributed by atoms with Gasteiger partial charge in [-0.05, 0) is 23.8 Å². The summed E-state index contributed by atoms with van der Waals surface area (Å²) < 4.78 is 49.5. The van der Waals surface area contributed by atoms with Crippen LogP contribution in [0.1, 0.15) is 11.1 Å². The predicted octanol–water partition coefficient (Wildman–Crippen LogP) is 2.85. The van der Waals surface area contributed by atoms with Gasteiger partial charge >= 0.3 is 6.18 Å². The van der Waals surface area contributed by atoms with Crippen molar-refractivity contribution in [2.24, 2.45) is 0 Å². The molecule has 15 heavy (non-hydrogen) atoms. The van der Waals surface area contributed by atoms with Crippen LogP contribution in [0.15, 0.2) is 24.3 Å². The highest BCUT2D eigenvalue weighted by molar-refractivity contribution is 5.51. The van der Waals surface area contributed by atoms with Crippen molar-refractivity contribution >= 4 is 6.08 Å². The molecule has 0 fully saturated rings. The average molecular weight is 220 g/mol. The number of aliphatic hydroxyl groups is 1. The van der Waals surface area contributed by atoms with Crippen LogP contribution in [0.25, 0.3) is 6.08 Å². The smallest absolute Gasteiger partial charge is 0.392 e. The second kappa shape index (κ2) is 4.44. The zero-order valence-electron chi connectivity index (χ0n) is 7.55. The van der Waals surface area contributed by atoms with E-state index in [1.807, 2.05) is 0 Å². The number of halogens is 4. The van der Waals surface area contributed by atoms with Gasteiger partial charge in [-0.25, -0.2) is 4.39 Å². The molecule has 0 unspecified atom stereocenters. The van der Waals surface area contributed by atoms with Gasteiger partial charge in [-0.1, -0.05) is 12.2 Å². The highest BCUT2D eigenvalue weighted by Crippen LogP contribution is 2.30. The highest BCUT2D eigenvalue weighted by atomic mass is 19.4. The molecule has 1 aromatic carbocycles. The van der Waals surface area contributed by atoms with Crippen LogP contribution in [0, 0.1) is 5.82 Å². The quantitative estimate of drug-likeness (QED) is 0.760. The van der Waals surface area contributed by atoms with Crippen molar-refractivity contribution in [3.8, 4) is 0 Å².